The lowest BCUT2D eigenvalue weighted by Crippen LogP contribution is -3.34. The van der Waals surface area contributed by atoms with Crippen LogP contribution in [0.3, 0.4) is 0 Å². The monoisotopic (exact) mass is 430 g/mol. The van der Waals surface area contributed by atoms with Gasteiger partial charge in [-0.2, -0.15) is 26.3 Å². The summed E-state index contributed by atoms with van der Waals surface area (Å²) in [7, 11) is 0. The van der Waals surface area contributed by atoms with E-state index in [0.717, 1.165) is 0 Å². The number of halogens is 7. The summed E-state index contributed by atoms with van der Waals surface area (Å²) in [6.45, 7) is 0. The molecule has 2 radical (unpaired) electrons. The molecule has 11 heteroatoms. The highest BCUT2D eigenvalue weighted by atomic mass is 127. The first kappa shape index (κ1) is 21.8. The summed E-state index contributed by atoms with van der Waals surface area (Å²) in [5.41, 5.74) is 0. The van der Waals surface area contributed by atoms with E-state index in [1.54, 1.807) is 0 Å². The Bertz CT molecular complexity index is 419. The van der Waals surface area contributed by atoms with E-state index in [1.807, 2.05) is 18.2 Å². The van der Waals surface area contributed by atoms with E-state index < -0.39 is 24.3 Å². The van der Waals surface area contributed by atoms with Crippen LogP contribution in [0.1, 0.15) is 0 Å². The van der Waals surface area contributed by atoms with Gasteiger partial charge in [-0.1, -0.05) is 18.2 Å². The van der Waals surface area contributed by atoms with Gasteiger partial charge in [0.05, 0.1) is 12.1 Å². The Morgan fingerprint density at radius 3 is 1.14 bits per heavy atom. The highest BCUT2D eigenvalue weighted by molar-refractivity contribution is 5.71. The third-order valence-corrected chi connectivity index (χ3v) is 1.92. The number of carboxylic acids is 2. The van der Waals surface area contributed by atoms with Crippen molar-refractivity contribution in [3.63, 3.8) is 0 Å². The smallest absolute Gasteiger partial charge is 0.542 e. The average molecular weight is 430 g/mol. The molecule has 0 fully saturated rings. The van der Waals surface area contributed by atoms with Crippen molar-refractivity contribution < 1.29 is 68.7 Å². The fourth-order valence-electron chi connectivity index (χ4n) is 0.415. The SMILES string of the molecule is O=C([O-])C(F)(F)F.O=C([O-])C(F)(F)F.[I+2]c1ccccc1. The number of hydrogen-bond donors (Lipinski definition) is 0. The summed E-state index contributed by atoms with van der Waals surface area (Å²) in [5.74, 6) is -6.01. The highest BCUT2D eigenvalue weighted by Crippen LogP contribution is 2.12. The van der Waals surface area contributed by atoms with Crippen LogP contribution < -0.4 is 32.8 Å². The van der Waals surface area contributed by atoms with Crippen molar-refractivity contribution in [2.45, 2.75) is 12.4 Å². The molecule has 0 bridgehead atoms. The Kier molecular flexibility index (Phi) is 9.76. The second-order valence-electron chi connectivity index (χ2n) is 2.87. The van der Waals surface area contributed by atoms with E-state index in [4.69, 9.17) is 19.8 Å². The Labute approximate surface area is 127 Å². The molecule has 4 nitrogen and oxygen atoms in total. The zero-order valence-electron chi connectivity index (χ0n) is 9.67. The maximum atomic E-state index is 10.5. The predicted molar refractivity (Wildman–Crippen MR) is 47.3 cm³/mol. The summed E-state index contributed by atoms with van der Waals surface area (Å²) in [6.07, 6.45) is -10.4. The maximum Gasteiger partial charge on any atom is 1.24 e. The lowest BCUT2D eigenvalue weighted by molar-refractivity contribution is -0.344. The summed E-state index contributed by atoms with van der Waals surface area (Å²) >= 11 is 2.28. The molecule has 0 aliphatic heterocycles. The number of aliphatic carboxylic acids is 2. The summed E-state index contributed by atoms with van der Waals surface area (Å²) in [4.78, 5) is 17.6. The van der Waals surface area contributed by atoms with Crippen molar-refractivity contribution in [1.29, 1.82) is 0 Å². The number of hydrogen-bond acceptors (Lipinski definition) is 4. The molecule has 0 saturated carbocycles. The van der Waals surface area contributed by atoms with E-state index in [9.17, 15) is 26.3 Å². The van der Waals surface area contributed by atoms with Gasteiger partial charge in [-0.25, -0.2) is 0 Å². The minimum absolute atomic E-state index is 1.29. The number of alkyl halides is 6. The minimum atomic E-state index is -5.19. The largest absolute Gasteiger partial charge is 1.24 e. The van der Waals surface area contributed by atoms with Gasteiger partial charge in [0.25, 0.3) is 0 Å². The van der Waals surface area contributed by atoms with Crippen LogP contribution in [0, 0.1) is 3.57 Å². The zero-order chi connectivity index (χ0) is 17.3. The minimum Gasteiger partial charge on any atom is -0.542 e. The van der Waals surface area contributed by atoms with Crippen LogP contribution in [0.15, 0.2) is 30.3 Å². The van der Waals surface area contributed by atoms with E-state index in [-0.39, 0.29) is 0 Å². The summed E-state index contributed by atoms with van der Waals surface area (Å²) < 4.78 is 64.4. The molecule has 0 saturated heterocycles. The molecule has 0 amide bonds. The molecule has 0 N–H and O–H groups in total. The van der Waals surface area contributed by atoms with Gasteiger partial charge >= 0.3 is 38.5 Å². The Hall–Kier alpha value is -1.53. The van der Waals surface area contributed by atoms with Gasteiger partial charge in [0.2, 0.25) is 0 Å². The molecule has 0 aliphatic carbocycles. The van der Waals surface area contributed by atoms with E-state index in [2.05, 4.69) is 34.7 Å². The topological polar surface area (TPSA) is 80.3 Å². The number of benzene rings is 1. The van der Waals surface area contributed by atoms with Crippen LogP contribution >= 0.6 is 0 Å². The number of carbonyl (C=O) groups is 2. The predicted octanol–water partition coefficient (Wildman–Crippen LogP) is -2.99. The first-order valence-electron chi connectivity index (χ1n) is 4.55. The lowest BCUT2D eigenvalue weighted by atomic mass is 10.4. The standard InChI is InChI=1S/C6H5I.2C2HF3O2/c7-6-4-2-1-3-5-6;2*3-2(4,5)1(6)7/h1-5H;2*(H,6,7)/q+2;;/p-2. The van der Waals surface area contributed by atoms with Crippen LogP contribution in [0.25, 0.3) is 0 Å². The van der Waals surface area contributed by atoms with Gasteiger partial charge in [-0.3, -0.25) is 0 Å². The average Bonchev–Trinajstić information content (AvgIpc) is 2.28. The van der Waals surface area contributed by atoms with Gasteiger partial charge in [0.1, 0.15) is 11.9 Å². The van der Waals surface area contributed by atoms with Crippen LogP contribution in [-0.4, -0.2) is 24.3 Å². The fraction of sp³-hybridized carbons (Fsp3) is 0.200. The highest BCUT2D eigenvalue weighted by Gasteiger charge is 2.29. The molecule has 21 heavy (non-hydrogen) atoms. The third-order valence-electron chi connectivity index (χ3n) is 1.20. The van der Waals surface area contributed by atoms with Crippen molar-refractivity contribution in [3.8, 4) is 0 Å². The van der Waals surface area contributed by atoms with Crippen LogP contribution in [0.2, 0.25) is 0 Å². The summed E-state index contributed by atoms with van der Waals surface area (Å²) in [5, 5.41) is 17.6. The quantitative estimate of drug-likeness (QED) is 0.325. The molecular weight excluding hydrogens is 425 g/mol. The molecule has 1 aromatic carbocycles. The molecule has 1 rings (SSSR count). The lowest BCUT2D eigenvalue weighted by Gasteiger charge is -2.03. The second-order valence-corrected chi connectivity index (χ2v) is 4.11. The molecular formula is C10H5F6IO4. The second kappa shape index (κ2) is 9.41. The number of rotatable bonds is 0. The zero-order valence-corrected chi connectivity index (χ0v) is 11.8. The first-order valence-corrected chi connectivity index (χ1v) is 5.63. The van der Waals surface area contributed by atoms with Crippen molar-refractivity contribution in [1.82, 2.24) is 0 Å². The van der Waals surface area contributed by atoms with Gasteiger partial charge < -0.3 is 19.8 Å². The molecule has 118 valence electrons. The van der Waals surface area contributed by atoms with Crippen molar-refractivity contribution in [2.24, 2.45) is 0 Å². The molecule has 0 heterocycles. The van der Waals surface area contributed by atoms with Crippen LogP contribution in [-0.2, 0) is 9.59 Å². The normalized spacial score (nSPS) is 10.4. The molecule has 0 aliphatic rings. The third kappa shape index (κ3) is 14.7. The summed E-state index contributed by atoms with van der Waals surface area (Å²) in [6, 6.07) is 10.2. The van der Waals surface area contributed by atoms with Crippen molar-refractivity contribution in [3.05, 3.63) is 33.9 Å². The Morgan fingerprint density at radius 2 is 1.05 bits per heavy atom. The molecule has 0 spiro atoms. The maximum absolute atomic E-state index is 10.5. The number of carboxylic acid groups (broad SMARTS) is 2. The molecule has 0 unspecified atom stereocenters. The van der Waals surface area contributed by atoms with Gasteiger partial charge in [-0.05, 0) is 0 Å². The fourth-order valence-corrected chi connectivity index (χ4v) is 0.830. The van der Waals surface area contributed by atoms with E-state index in [0.29, 0.717) is 0 Å². The number of carbonyl (C=O) groups excluding carboxylic acids is 2. The first-order chi connectivity index (χ1) is 9.28. The Morgan fingerprint density at radius 1 is 0.810 bits per heavy atom. The van der Waals surface area contributed by atoms with Gasteiger partial charge in [-0.15, -0.1) is 0 Å². The molecule has 0 aromatic heterocycles. The van der Waals surface area contributed by atoms with Crippen LogP contribution in [0.4, 0.5) is 26.3 Å². The van der Waals surface area contributed by atoms with Crippen molar-refractivity contribution >= 4 is 11.9 Å². The van der Waals surface area contributed by atoms with E-state index >= 15 is 0 Å². The van der Waals surface area contributed by atoms with Crippen LogP contribution in [0.5, 0.6) is 0 Å². The molecule has 0 atom stereocenters. The molecule has 1 aromatic rings. The van der Waals surface area contributed by atoms with Crippen molar-refractivity contribution in [2.75, 3.05) is 0 Å². The van der Waals surface area contributed by atoms with E-state index in [1.165, 1.54) is 3.57 Å². The Balaban J connectivity index is 0. The van der Waals surface area contributed by atoms with Gasteiger partial charge in [0, 0.05) is 0 Å². The van der Waals surface area contributed by atoms with Gasteiger partial charge in [0.15, 0.2) is 0 Å².